The molecule has 24 heavy (non-hydrogen) atoms. The van der Waals surface area contributed by atoms with Crippen molar-refractivity contribution in [3.8, 4) is 0 Å². The lowest BCUT2D eigenvalue weighted by molar-refractivity contribution is 0.0473. The second-order valence-electron chi connectivity index (χ2n) is 4.69. The van der Waals surface area contributed by atoms with Crippen LogP contribution in [0.3, 0.4) is 0 Å². The Labute approximate surface area is 151 Å². The van der Waals surface area contributed by atoms with Gasteiger partial charge in [0, 0.05) is 15.1 Å². The highest BCUT2D eigenvalue weighted by Crippen LogP contribution is 2.21. The second-order valence-corrected chi connectivity index (χ2v) is 7.55. The number of benzene rings is 2. The molecule has 9 heteroatoms. The average molecular weight is 433 g/mol. The summed E-state index contributed by atoms with van der Waals surface area (Å²) in [5.74, 6) is -1.27. The predicted octanol–water partition coefficient (Wildman–Crippen LogP) is 2.79. The fraction of sp³-hybridized carbons (Fsp3) is 0.0667. The maximum absolute atomic E-state index is 12.1. The van der Waals surface area contributed by atoms with Crippen molar-refractivity contribution in [3.63, 3.8) is 0 Å². The van der Waals surface area contributed by atoms with E-state index in [0.29, 0.717) is 15.1 Å². The molecule has 0 unspecified atom stereocenters. The van der Waals surface area contributed by atoms with Gasteiger partial charge in [-0.2, -0.15) is 0 Å². The first-order valence-corrected chi connectivity index (χ1v) is 9.18. The van der Waals surface area contributed by atoms with Crippen LogP contribution in [0.2, 0.25) is 5.02 Å². The van der Waals surface area contributed by atoms with Crippen LogP contribution in [0.25, 0.3) is 0 Å². The van der Waals surface area contributed by atoms with Gasteiger partial charge < -0.3 is 4.74 Å². The number of hydrogen-bond acceptors (Lipinski definition) is 5. The fourth-order valence-corrected chi connectivity index (χ4v) is 2.84. The summed E-state index contributed by atoms with van der Waals surface area (Å²) in [5.41, 5.74) is 0.287. The van der Waals surface area contributed by atoms with Crippen molar-refractivity contribution in [1.82, 2.24) is 0 Å². The number of sulfonamides is 1. The summed E-state index contributed by atoms with van der Waals surface area (Å²) < 4.78 is 27.9. The van der Waals surface area contributed by atoms with E-state index in [0.717, 1.165) is 6.07 Å². The van der Waals surface area contributed by atoms with Crippen molar-refractivity contribution in [2.45, 2.75) is 4.90 Å². The van der Waals surface area contributed by atoms with Gasteiger partial charge in [0.05, 0.1) is 10.5 Å². The van der Waals surface area contributed by atoms with Crippen molar-refractivity contribution < 1.29 is 22.7 Å². The molecule has 0 aliphatic heterocycles. The molecule has 0 heterocycles. The summed E-state index contributed by atoms with van der Waals surface area (Å²) in [5, 5.41) is 5.51. The number of carbonyl (C=O) groups excluding carboxylic acids is 2. The van der Waals surface area contributed by atoms with Gasteiger partial charge in [-0.05, 0) is 58.4 Å². The molecule has 0 aromatic heterocycles. The first-order valence-electron chi connectivity index (χ1n) is 6.47. The summed E-state index contributed by atoms with van der Waals surface area (Å²) in [7, 11) is -3.96. The van der Waals surface area contributed by atoms with Crippen molar-refractivity contribution >= 4 is 49.3 Å². The quantitative estimate of drug-likeness (QED) is 0.578. The number of carbonyl (C=O) groups is 2. The van der Waals surface area contributed by atoms with E-state index in [1.807, 2.05) is 0 Å². The molecule has 2 rings (SSSR count). The Hall–Kier alpha value is -1.74. The molecule has 0 amide bonds. The number of primary sulfonamides is 1. The molecule has 2 aromatic carbocycles. The Morgan fingerprint density at radius 3 is 2.33 bits per heavy atom. The number of ether oxygens (including phenoxy) is 1. The molecule has 0 atom stereocenters. The number of halogens is 2. The second kappa shape index (κ2) is 7.43. The first kappa shape index (κ1) is 18.6. The van der Waals surface area contributed by atoms with E-state index in [9.17, 15) is 18.0 Å². The van der Waals surface area contributed by atoms with E-state index in [-0.39, 0.29) is 10.5 Å². The van der Waals surface area contributed by atoms with Crippen LogP contribution in [0.15, 0.2) is 51.8 Å². The van der Waals surface area contributed by atoms with Crippen LogP contribution < -0.4 is 5.14 Å². The molecule has 2 N–H and O–H groups in total. The number of esters is 1. The van der Waals surface area contributed by atoms with Gasteiger partial charge in [-0.1, -0.05) is 11.6 Å². The summed E-state index contributed by atoms with van der Waals surface area (Å²) >= 11 is 8.85. The standard InChI is InChI=1S/C15H11BrClNO5S/c16-13-6-5-11(24(18,21)22)7-12(13)15(20)23-8-14(19)9-1-3-10(17)4-2-9/h1-7H,8H2,(H2,18,21,22). The first-order chi connectivity index (χ1) is 11.2. The van der Waals surface area contributed by atoms with Crippen molar-refractivity contribution in [3.05, 3.63) is 63.1 Å². The van der Waals surface area contributed by atoms with Gasteiger partial charge >= 0.3 is 5.97 Å². The summed E-state index contributed by atoms with van der Waals surface area (Å²) in [6.45, 7) is -0.494. The van der Waals surface area contributed by atoms with Gasteiger partial charge in [-0.3, -0.25) is 4.79 Å². The van der Waals surface area contributed by atoms with Crippen LogP contribution in [-0.4, -0.2) is 26.8 Å². The largest absolute Gasteiger partial charge is 0.454 e. The Morgan fingerprint density at radius 2 is 1.75 bits per heavy atom. The molecule has 0 saturated heterocycles. The van der Waals surface area contributed by atoms with E-state index in [4.69, 9.17) is 21.5 Å². The van der Waals surface area contributed by atoms with Gasteiger partial charge in [0.25, 0.3) is 0 Å². The smallest absolute Gasteiger partial charge is 0.339 e. The monoisotopic (exact) mass is 431 g/mol. The van der Waals surface area contributed by atoms with Crippen LogP contribution >= 0.6 is 27.5 Å². The number of Topliss-reactive ketones (excluding diaryl/α,β-unsaturated/α-hetero) is 1. The minimum atomic E-state index is -3.96. The third-order valence-electron chi connectivity index (χ3n) is 2.99. The number of nitrogens with two attached hydrogens (primary N) is 1. The zero-order valence-electron chi connectivity index (χ0n) is 12.0. The van der Waals surface area contributed by atoms with Crippen LogP contribution in [-0.2, 0) is 14.8 Å². The van der Waals surface area contributed by atoms with Gasteiger partial charge in [0.1, 0.15) is 0 Å². The summed E-state index contributed by atoms with van der Waals surface area (Å²) in [4.78, 5) is 23.8. The molecular weight excluding hydrogens is 422 g/mol. The van der Waals surface area contributed by atoms with Crippen molar-refractivity contribution in [1.29, 1.82) is 0 Å². The molecule has 0 aliphatic rings. The van der Waals surface area contributed by atoms with Crippen LogP contribution in [0.4, 0.5) is 0 Å². The highest BCUT2D eigenvalue weighted by atomic mass is 79.9. The Kier molecular flexibility index (Phi) is 5.76. The fourth-order valence-electron chi connectivity index (χ4n) is 1.77. The molecule has 0 aliphatic carbocycles. The summed E-state index contributed by atoms with van der Waals surface area (Å²) in [6, 6.07) is 9.79. The maximum Gasteiger partial charge on any atom is 0.339 e. The van der Waals surface area contributed by atoms with Gasteiger partial charge in [0.15, 0.2) is 12.4 Å². The highest BCUT2D eigenvalue weighted by molar-refractivity contribution is 9.10. The molecule has 2 aromatic rings. The van der Waals surface area contributed by atoms with Gasteiger partial charge in [-0.25, -0.2) is 18.4 Å². The van der Waals surface area contributed by atoms with Crippen LogP contribution in [0, 0.1) is 0 Å². The highest BCUT2D eigenvalue weighted by Gasteiger charge is 2.18. The third kappa shape index (κ3) is 4.64. The van der Waals surface area contributed by atoms with E-state index < -0.39 is 28.4 Å². The summed E-state index contributed by atoms with van der Waals surface area (Å²) in [6.07, 6.45) is 0. The molecule has 0 saturated carbocycles. The van der Waals surface area contributed by atoms with E-state index in [1.165, 1.54) is 24.3 Å². The maximum atomic E-state index is 12.1. The van der Waals surface area contributed by atoms with E-state index >= 15 is 0 Å². The van der Waals surface area contributed by atoms with Crippen molar-refractivity contribution in [2.75, 3.05) is 6.61 Å². The van der Waals surface area contributed by atoms with Crippen molar-refractivity contribution in [2.24, 2.45) is 5.14 Å². The third-order valence-corrected chi connectivity index (χ3v) is 4.84. The molecule has 6 nitrogen and oxygen atoms in total. The number of hydrogen-bond donors (Lipinski definition) is 1. The minimum Gasteiger partial charge on any atom is -0.454 e. The lowest BCUT2D eigenvalue weighted by Gasteiger charge is -2.07. The van der Waals surface area contributed by atoms with E-state index in [2.05, 4.69) is 15.9 Å². The van der Waals surface area contributed by atoms with Gasteiger partial charge in [-0.15, -0.1) is 0 Å². The average Bonchev–Trinajstić information content (AvgIpc) is 2.52. The number of ketones is 1. The van der Waals surface area contributed by atoms with Crippen LogP contribution in [0.5, 0.6) is 0 Å². The lowest BCUT2D eigenvalue weighted by atomic mass is 10.1. The molecular formula is C15H11BrClNO5S. The molecule has 126 valence electrons. The Balaban J connectivity index is 2.12. The number of rotatable bonds is 5. The zero-order chi connectivity index (χ0) is 17.9. The lowest BCUT2D eigenvalue weighted by Crippen LogP contribution is -2.16. The normalized spacial score (nSPS) is 11.1. The van der Waals surface area contributed by atoms with Gasteiger partial charge in [0.2, 0.25) is 10.0 Å². The minimum absolute atomic E-state index is 0.0505. The topological polar surface area (TPSA) is 104 Å². The SMILES string of the molecule is NS(=O)(=O)c1ccc(Br)c(C(=O)OCC(=O)c2ccc(Cl)cc2)c1. The molecule has 0 fully saturated rings. The Bertz CT molecular complexity index is 897. The molecule has 0 spiro atoms. The molecule has 0 radical (unpaired) electrons. The zero-order valence-corrected chi connectivity index (χ0v) is 15.2. The Morgan fingerprint density at radius 1 is 1.12 bits per heavy atom. The predicted molar refractivity (Wildman–Crippen MR) is 91.6 cm³/mol. The van der Waals surface area contributed by atoms with Crippen LogP contribution in [0.1, 0.15) is 20.7 Å². The van der Waals surface area contributed by atoms with E-state index in [1.54, 1.807) is 12.1 Å². The molecule has 0 bridgehead atoms.